The summed E-state index contributed by atoms with van der Waals surface area (Å²) < 4.78 is 0. The van der Waals surface area contributed by atoms with Crippen LogP contribution in [0, 0.1) is 19.8 Å². The zero-order chi connectivity index (χ0) is 12.8. The molecule has 1 radical (unpaired) electrons. The molecule has 99 valence electrons. The lowest BCUT2D eigenvalue weighted by atomic mass is 9.84. The Kier molecular flexibility index (Phi) is 5.28. The predicted molar refractivity (Wildman–Crippen MR) is 79.8 cm³/mol. The third-order valence-electron chi connectivity index (χ3n) is 4.22. The van der Waals surface area contributed by atoms with Crippen molar-refractivity contribution in [3.8, 4) is 0 Å². The standard InChI is InChI=1S/C18H27/c1-15-12-13-18(16(2)14-15)17-10-8-6-4-3-5-7-9-11-17/h12-14H,3-11H2,1-2H3. The Bertz CT molecular complexity index is 354. The molecule has 1 aromatic carbocycles. The summed E-state index contributed by atoms with van der Waals surface area (Å²) in [6.07, 6.45) is 12.6. The zero-order valence-electron chi connectivity index (χ0n) is 12.1. The molecule has 0 saturated heterocycles. The first-order chi connectivity index (χ1) is 8.77. The molecule has 1 saturated carbocycles. The van der Waals surface area contributed by atoms with Gasteiger partial charge in [-0.15, -0.1) is 0 Å². The Balaban J connectivity index is 2.07. The van der Waals surface area contributed by atoms with E-state index in [1.54, 1.807) is 11.5 Å². The van der Waals surface area contributed by atoms with Gasteiger partial charge in [0.2, 0.25) is 0 Å². The van der Waals surface area contributed by atoms with Gasteiger partial charge in [-0.05, 0) is 37.8 Å². The minimum Gasteiger partial charge on any atom is -0.0590 e. The maximum absolute atomic E-state index is 2.35. The van der Waals surface area contributed by atoms with Gasteiger partial charge in [-0.1, -0.05) is 68.7 Å². The molecule has 0 bridgehead atoms. The van der Waals surface area contributed by atoms with Crippen LogP contribution in [0.3, 0.4) is 0 Å². The summed E-state index contributed by atoms with van der Waals surface area (Å²) in [6, 6.07) is 6.96. The van der Waals surface area contributed by atoms with Crippen molar-refractivity contribution in [3.05, 3.63) is 40.8 Å². The van der Waals surface area contributed by atoms with Crippen LogP contribution in [0.15, 0.2) is 18.2 Å². The molecule has 0 heteroatoms. The van der Waals surface area contributed by atoms with Gasteiger partial charge >= 0.3 is 0 Å². The van der Waals surface area contributed by atoms with Crippen LogP contribution in [-0.2, 0) is 0 Å². The van der Waals surface area contributed by atoms with E-state index in [2.05, 4.69) is 32.0 Å². The van der Waals surface area contributed by atoms with Gasteiger partial charge in [-0.3, -0.25) is 0 Å². The predicted octanol–water partition coefficient (Wildman–Crippen LogP) is 5.75. The molecule has 0 aliphatic heterocycles. The van der Waals surface area contributed by atoms with Crippen molar-refractivity contribution in [2.24, 2.45) is 0 Å². The quantitative estimate of drug-likeness (QED) is 0.589. The van der Waals surface area contributed by atoms with E-state index in [4.69, 9.17) is 0 Å². The highest BCUT2D eigenvalue weighted by molar-refractivity contribution is 5.40. The van der Waals surface area contributed by atoms with Crippen LogP contribution >= 0.6 is 0 Å². The normalized spacial score (nSPS) is 19.7. The molecule has 1 fully saturated rings. The van der Waals surface area contributed by atoms with Gasteiger partial charge < -0.3 is 0 Å². The molecule has 0 aromatic heterocycles. The summed E-state index contributed by atoms with van der Waals surface area (Å²) in [6.45, 7) is 4.46. The number of hydrogen-bond acceptors (Lipinski definition) is 0. The van der Waals surface area contributed by atoms with E-state index in [1.165, 1.54) is 68.9 Å². The zero-order valence-corrected chi connectivity index (χ0v) is 12.1. The number of rotatable bonds is 1. The molecule has 2 rings (SSSR count). The minimum atomic E-state index is 1.32. The van der Waals surface area contributed by atoms with Crippen LogP contribution in [0.1, 0.15) is 74.5 Å². The lowest BCUT2D eigenvalue weighted by Gasteiger charge is -2.20. The maximum atomic E-state index is 2.35. The summed E-state index contributed by atoms with van der Waals surface area (Å²) in [5.74, 6) is 1.72. The maximum Gasteiger partial charge on any atom is 0.00525 e. The minimum absolute atomic E-state index is 1.32. The van der Waals surface area contributed by atoms with Crippen LogP contribution < -0.4 is 0 Å². The number of benzene rings is 1. The second-order valence-corrected chi connectivity index (χ2v) is 5.90. The molecule has 1 aromatic rings. The molecule has 1 aliphatic carbocycles. The van der Waals surface area contributed by atoms with E-state index in [9.17, 15) is 0 Å². The van der Waals surface area contributed by atoms with Crippen molar-refractivity contribution in [1.29, 1.82) is 0 Å². The molecule has 0 unspecified atom stereocenters. The smallest absolute Gasteiger partial charge is 0.00525 e. The van der Waals surface area contributed by atoms with Gasteiger partial charge in [0.1, 0.15) is 0 Å². The topological polar surface area (TPSA) is 0 Å². The highest BCUT2D eigenvalue weighted by Crippen LogP contribution is 2.31. The molecule has 18 heavy (non-hydrogen) atoms. The average Bonchev–Trinajstić information content (AvgIpc) is 2.36. The summed E-state index contributed by atoms with van der Waals surface area (Å²) in [4.78, 5) is 0. The molecule has 0 atom stereocenters. The third-order valence-corrected chi connectivity index (χ3v) is 4.22. The Morgan fingerprint density at radius 1 is 0.722 bits per heavy atom. The van der Waals surface area contributed by atoms with Gasteiger partial charge in [0.25, 0.3) is 0 Å². The summed E-state index contributed by atoms with van der Waals surface area (Å²) >= 11 is 0. The Labute approximate surface area is 113 Å². The van der Waals surface area contributed by atoms with Crippen molar-refractivity contribution >= 4 is 0 Å². The van der Waals surface area contributed by atoms with Crippen LogP contribution in [0.4, 0.5) is 0 Å². The van der Waals surface area contributed by atoms with Crippen molar-refractivity contribution in [1.82, 2.24) is 0 Å². The van der Waals surface area contributed by atoms with Crippen molar-refractivity contribution in [2.75, 3.05) is 0 Å². The van der Waals surface area contributed by atoms with Crippen LogP contribution in [0.25, 0.3) is 0 Å². The fraction of sp³-hybridized carbons (Fsp3) is 0.611. The lowest BCUT2D eigenvalue weighted by molar-refractivity contribution is 0.529. The van der Waals surface area contributed by atoms with E-state index in [1.807, 2.05) is 0 Å². The van der Waals surface area contributed by atoms with Crippen molar-refractivity contribution in [2.45, 2.75) is 71.6 Å². The van der Waals surface area contributed by atoms with Crippen LogP contribution in [0.5, 0.6) is 0 Å². The van der Waals surface area contributed by atoms with E-state index >= 15 is 0 Å². The van der Waals surface area contributed by atoms with E-state index in [-0.39, 0.29) is 0 Å². The van der Waals surface area contributed by atoms with E-state index in [0.29, 0.717) is 0 Å². The van der Waals surface area contributed by atoms with Gasteiger partial charge in [-0.2, -0.15) is 0 Å². The average molecular weight is 243 g/mol. The summed E-state index contributed by atoms with van der Waals surface area (Å²) in [5.41, 5.74) is 4.40. The summed E-state index contributed by atoms with van der Waals surface area (Å²) in [7, 11) is 0. The number of hydrogen-bond donors (Lipinski definition) is 0. The fourth-order valence-electron chi connectivity index (χ4n) is 3.17. The Morgan fingerprint density at radius 3 is 1.83 bits per heavy atom. The highest BCUT2D eigenvalue weighted by Gasteiger charge is 2.15. The first kappa shape index (κ1) is 13.6. The molecule has 0 amide bonds. The van der Waals surface area contributed by atoms with E-state index < -0.39 is 0 Å². The largest absolute Gasteiger partial charge is 0.0590 e. The molecule has 0 spiro atoms. The molecule has 0 nitrogen and oxygen atoms in total. The van der Waals surface area contributed by atoms with Gasteiger partial charge in [0, 0.05) is 5.92 Å². The fourth-order valence-corrected chi connectivity index (χ4v) is 3.17. The highest BCUT2D eigenvalue weighted by atomic mass is 14.2. The molecular formula is C18H27. The second-order valence-electron chi connectivity index (χ2n) is 5.90. The first-order valence-corrected chi connectivity index (χ1v) is 7.70. The van der Waals surface area contributed by atoms with Gasteiger partial charge in [0.05, 0.1) is 0 Å². The van der Waals surface area contributed by atoms with Gasteiger partial charge in [-0.25, -0.2) is 0 Å². The number of aryl methyl sites for hydroxylation is 2. The monoisotopic (exact) mass is 243 g/mol. The third kappa shape index (κ3) is 3.86. The lowest BCUT2D eigenvalue weighted by Crippen LogP contribution is -2.04. The summed E-state index contributed by atoms with van der Waals surface area (Å²) in [5, 5.41) is 0. The first-order valence-electron chi connectivity index (χ1n) is 7.70. The molecular weight excluding hydrogens is 216 g/mol. The van der Waals surface area contributed by atoms with Crippen molar-refractivity contribution in [3.63, 3.8) is 0 Å². The van der Waals surface area contributed by atoms with Crippen molar-refractivity contribution < 1.29 is 0 Å². The Hall–Kier alpha value is -0.780. The van der Waals surface area contributed by atoms with E-state index in [0.717, 1.165) is 0 Å². The molecule has 1 aliphatic rings. The SMILES string of the molecule is Cc1ccc([C]2CCCCCCCCC2)c(C)c1. The van der Waals surface area contributed by atoms with Gasteiger partial charge in [0.15, 0.2) is 0 Å². The Morgan fingerprint density at radius 2 is 1.28 bits per heavy atom. The van der Waals surface area contributed by atoms with Crippen LogP contribution in [0.2, 0.25) is 0 Å². The van der Waals surface area contributed by atoms with Crippen LogP contribution in [-0.4, -0.2) is 0 Å². The molecule has 0 N–H and O–H groups in total. The molecule has 0 heterocycles. The second kappa shape index (κ2) is 6.97.